The largest absolute Gasteiger partial charge is 0.327 e. The van der Waals surface area contributed by atoms with Crippen LogP contribution in [0.3, 0.4) is 0 Å². The fourth-order valence-corrected chi connectivity index (χ4v) is 3.75. The molecule has 5 heteroatoms. The Labute approximate surface area is 137 Å². The molecule has 0 saturated heterocycles. The van der Waals surface area contributed by atoms with Crippen LogP contribution < -0.4 is 16.0 Å². The first kappa shape index (κ1) is 16.0. The Bertz CT molecular complexity index is 614. The summed E-state index contributed by atoms with van der Waals surface area (Å²) < 4.78 is 0. The molecule has 1 fully saturated rings. The van der Waals surface area contributed by atoms with E-state index in [-0.39, 0.29) is 17.9 Å². The third-order valence-corrected chi connectivity index (χ3v) is 5.05. The van der Waals surface area contributed by atoms with Crippen molar-refractivity contribution in [2.75, 3.05) is 16.8 Å². The predicted molar refractivity (Wildman–Crippen MR) is 91.4 cm³/mol. The van der Waals surface area contributed by atoms with Crippen molar-refractivity contribution in [1.29, 1.82) is 0 Å². The van der Waals surface area contributed by atoms with E-state index in [0.717, 1.165) is 42.7 Å². The number of rotatable bonds is 3. The maximum Gasteiger partial charge on any atom is 0.224 e. The van der Waals surface area contributed by atoms with Gasteiger partial charge in [0.2, 0.25) is 11.8 Å². The monoisotopic (exact) mass is 315 g/mol. The molecule has 5 nitrogen and oxygen atoms in total. The van der Waals surface area contributed by atoms with Crippen LogP contribution in [0.15, 0.2) is 18.2 Å². The van der Waals surface area contributed by atoms with Gasteiger partial charge in [0.15, 0.2) is 0 Å². The van der Waals surface area contributed by atoms with E-state index in [0.29, 0.717) is 12.3 Å². The molecule has 0 bridgehead atoms. The molecule has 1 aliphatic carbocycles. The molecule has 1 aliphatic heterocycles. The van der Waals surface area contributed by atoms with Crippen molar-refractivity contribution in [2.24, 2.45) is 11.7 Å². The van der Waals surface area contributed by atoms with Crippen LogP contribution in [-0.2, 0) is 16.0 Å². The minimum Gasteiger partial charge on any atom is -0.327 e. The van der Waals surface area contributed by atoms with Gasteiger partial charge in [-0.3, -0.25) is 9.59 Å². The molecule has 0 aromatic heterocycles. The lowest BCUT2D eigenvalue weighted by Crippen LogP contribution is -2.35. The van der Waals surface area contributed by atoms with Crippen molar-refractivity contribution in [3.8, 4) is 0 Å². The lowest BCUT2D eigenvalue weighted by molar-refractivity contribution is -0.117. The fourth-order valence-electron chi connectivity index (χ4n) is 3.75. The fraction of sp³-hybridized carbons (Fsp3) is 0.556. The van der Waals surface area contributed by atoms with Gasteiger partial charge in [-0.15, -0.1) is 0 Å². The summed E-state index contributed by atoms with van der Waals surface area (Å²) in [5, 5.41) is 2.99. The van der Waals surface area contributed by atoms with Crippen molar-refractivity contribution in [3.05, 3.63) is 23.8 Å². The Kier molecular flexibility index (Phi) is 4.66. The molecule has 1 aromatic carbocycles. The highest BCUT2D eigenvalue weighted by Gasteiger charge is 2.25. The number of amides is 2. The number of nitrogens with one attached hydrogen (secondary N) is 1. The highest BCUT2D eigenvalue weighted by Crippen LogP contribution is 2.31. The molecule has 1 saturated carbocycles. The van der Waals surface area contributed by atoms with Gasteiger partial charge < -0.3 is 16.0 Å². The van der Waals surface area contributed by atoms with Gasteiger partial charge in [-0.05, 0) is 48.9 Å². The Morgan fingerprint density at radius 3 is 2.83 bits per heavy atom. The van der Waals surface area contributed by atoms with E-state index in [4.69, 9.17) is 5.73 Å². The summed E-state index contributed by atoms with van der Waals surface area (Å²) in [6.07, 6.45) is 5.76. The van der Waals surface area contributed by atoms with Gasteiger partial charge in [-0.25, -0.2) is 0 Å². The standard InChI is InChI=1S/C18H25N3O2/c1-12(22)21-9-8-14-10-15(6-7-17(14)21)20-18(23)11-13-4-2-3-5-16(13)19/h6-7,10,13,16H,2-5,8-9,11,19H2,1H3,(H,20,23). The van der Waals surface area contributed by atoms with Crippen LogP contribution >= 0.6 is 0 Å². The second-order valence-electron chi connectivity index (χ2n) is 6.72. The van der Waals surface area contributed by atoms with Crippen molar-refractivity contribution in [2.45, 2.75) is 51.5 Å². The first-order valence-electron chi connectivity index (χ1n) is 8.51. The van der Waals surface area contributed by atoms with E-state index in [9.17, 15) is 9.59 Å². The summed E-state index contributed by atoms with van der Waals surface area (Å²) in [6, 6.07) is 5.93. The molecule has 0 radical (unpaired) electrons. The van der Waals surface area contributed by atoms with Crippen LogP contribution in [0.5, 0.6) is 0 Å². The Balaban J connectivity index is 1.62. The number of carbonyl (C=O) groups excluding carboxylic acids is 2. The Morgan fingerprint density at radius 1 is 1.30 bits per heavy atom. The van der Waals surface area contributed by atoms with Gasteiger partial charge in [0, 0.05) is 37.3 Å². The number of benzene rings is 1. The smallest absolute Gasteiger partial charge is 0.224 e. The molecular weight excluding hydrogens is 290 g/mol. The van der Waals surface area contributed by atoms with Crippen molar-refractivity contribution in [3.63, 3.8) is 0 Å². The SMILES string of the molecule is CC(=O)N1CCc2cc(NC(=O)CC3CCCCC3N)ccc21. The van der Waals surface area contributed by atoms with E-state index >= 15 is 0 Å². The summed E-state index contributed by atoms with van der Waals surface area (Å²) >= 11 is 0. The summed E-state index contributed by atoms with van der Waals surface area (Å²) in [5.74, 6) is 0.395. The quantitative estimate of drug-likeness (QED) is 0.899. The third-order valence-electron chi connectivity index (χ3n) is 5.05. The molecule has 2 atom stereocenters. The van der Waals surface area contributed by atoms with Crippen LogP contribution in [0.2, 0.25) is 0 Å². The number of carbonyl (C=O) groups is 2. The molecule has 0 spiro atoms. The maximum atomic E-state index is 12.3. The summed E-state index contributed by atoms with van der Waals surface area (Å²) in [7, 11) is 0. The predicted octanol–water partition coefficient (Wildman–Crippen LogP) is 2.44. The van der Waals surface area contributed by atoms with E-state index in [1.54, 1.807) is 11.8 Å². The first-order chi connectivity index (χ1) is 11.0. The van der Waals surface area contributed by atoms with Crippen LogP contribution in [-0.4, -0.2) is 24.4 Å². The molecule has 3 N–H and O–H groups in total. The molecule has 1 aromatic rings. The molecule has 3 rings (SSSR count). The van der Waals surface area contributed by atoms with E-state index in [1.165, 1.54) is 12.8 Å². The topological polar surface area (TPSA) is 75.4 Å². The van der Waals surface area contributed by atoms with Crippen LogP contribution in [0, 0.1) is 5.92 Å². The maximum absolute atomic E-state index is 12.3. The number of anilines is 2. The number of hydrogen-bond acceptors (Lipinski definition) is 3. The van der Waals surface area contributed by atoms with Gasteiger partial charge in [0.25, 0.3) is 0 Å². The van der Waals surface area contributed by atoms with Gasteiger partial charge in [0.05, 0.1) is 0 Å². The molecular formula is C18H25N3O2. The summed E-state index contributed by atoms with van der Waals surface area (Å²) in [4.78, 5) is 25.6. The number of fused-ring (bicyclic) bond motifs is 1. The number of nitrogens with two attached hydrogens (primary N) is 1. The average molecular weight is 315 g/mol. The van der Waals surface area contributed by atoms with Gasteiger partial charge in [-0.1, -0.05) is 12.8 Å². The number of nitrogens with zero attached hydrogens (tertiary/aromatic N) is 1. The van der Waals surface area contributed by atoms with Gasteiger partial charge in [-0.2, -0.15) is 0 Å². The highest BCUT2D eigenvalue weighted by molar-refractivity contribution is 5.95. The zero-order chi connectivity index (χ0) is 16.4. The minimum atomic E-state index is 0.0359. The molecule has 2 aliphatic rings. The lowest BCUT2D eigenvalue weighted by atomic mass is 9.83. The summed E-state index contributed by atoms with van der Waals surface area (Å²) in [6.45, 7) is 2.30. The second-order valence-corrected chi connectivity index (χ2v) is 6.72. The highest BCUT2D eigenvalue weighted by atomic mass is 16.2. The van der Waals surface area contributed by atoms with Gasteiger partial charge >= 0.3 is 0 Å². The summed E-state index contributed by atoms with van der Waals surface area (Å²) in [5.41, 5.74) is 9.01. The minimum absolute atomic E-state index is 0.0359. The second kappa shape index (κ2) is 6.71. The van der Waals surface area contributed by atoms with E-state index < -0.39 is 0 Å². The molecule has 124 valence electrons. The van der Waals surface area contributed by atoms with Crippen molar-refractivity contribution in [1.82, 2.24) is 0 Å². The Morgan fingerprint density at radius 2 is 2.09 bits per heavy atom. The Hall–Kier alpha value is -1.88. The van der Waals surface area contributed by atoms with Crippen molar-refractivity contribution >= 4 is 23.2 Å². The zero-order valence-electron chi connectivity index (χ0n) is 13.7. The zero-order valence-corrected chi connectivity index (χ0v) is 13.7. The third kappa shape index (κ3) is 3.55. The van der Waals surface area contributed by atoms with Crippen LogP contribution in [0.25, 0.3) is 0 Å². The lowest BCUT2D eigenvalue weighted by Gasteiger charge is -2.28. The van der Waals surface area contributed by atoms with Crippen LogP contribution in [0.1, 0.15) is 44.6 Å². The van der Waals surface area contributed by atoms with Crippen molar-refractivity contribution < 1.29 is 9.59 Å². The molecule has 2 amide bonds. The first-order valence-corrected chi connectivity index (χ1v) is 8.51. The number of hydrogen-bond donors (Lipinski definition) is 2. The van der Waals surface area contributed by atoms with E-state index in [2.05, 4.69) is 5.32 Å². The molecule has 2 unspecified atom stereocenters. The molecule has 23 heavy (non-hydrogen) atoms. The average Bonchev–Trinajstić information content (AvgIpc) is 2.93. The van der Waals surface area contributed by atoms with Gasteiger partial charge in [0.1, 0.15) is 0 Å². The normalized spacial score (nSPS) is 23.5. The van der Waals surface area contributed by atoms with Crippen LogP contribution in [0.4, 0.5) is 11.4 Å². The molecule has 1 heterocycles. The van der Waals surface area contributed by atoms with E-state index in [1.807, 2.05) is 18.2 Å².